The minimum atomic E-state index is -0.201. The van der Waals surface area contributed by atoms with E-state index in [9.17, 15) is 15.0 Å². The fraction of sp³-hybridized carbons (Fsp3) is 0.960. The Morgan fingerprint density at radius 1 is 1.03 bits per heavy atom. The van der Waals surface area contributed by atoms with Gasteiger partial charge in [-0.1, -0.05) is 20.8 Å². The number of carbonyl (C=O) groups excluding carboxylic acids is 1. The lowest BCUT2D eigenvalue weighted by atomic mass is 9.43. The van der Waals surface area contributed by atoms with Crippen molar-refractivity contribution in [2.75, 3.05) is 7.05 Å². The Kier molecular flexibility index (Phi) is 5.83. The van der Waals surface area contributed by atoms with Crippen LogP contribution in [0.25, 0.3) is 0 Å². The van der Waals surface area contributed by atoms with Crippen molar-refractivity contribution in [3.63, 3.8) is 0 Å². The first-order valence-electron chi connectivity index (χ1n) is 12.3. The van der Waals surface area contributed by atoms with Crippen LogP contribution < -0.4 is 5.32 Å². The molecule has 0 aromatic carbocycles. The van der Waals surface area contributed by atoms with E-state index in [-0.39, 0.29) is 18.1 Å². The molecule has 3 N–H and O–H groups in total. The van der Waals surface area contributed by atoms with Crippen molar-refractivity contribution < 1.29 is 15.0 Å². The van der Waals surface area contributed by atoms with Gasteiger partial charge in [-0.05, 0) is 104 Å². The largest absolute Gasteiger partial charge is 0.393 e. The molecule has 0 spiro atoms. The third-order valence-corrected chi connectivity index (χ3v) is 10.5. The first-order valence-corrected chi connectivity index (χ1v) is 12.3. The van der Waals surface area contributed by atoms with Gasteiger partial charge >= 0.3 is 0 Å². The van der Waals surface area contributed by atoms with Gasteiger partial charge in [-0.2, -0.15) is 0 Å². The summed E-state index contributed by atoms with van der Waals surface area (Å²) in [6, 6.07) is 0. The predicted octanol–water partition coefficient (Wildman–Crippen LogP) is 4.14. The highest BCUT2D eigenvalue weighted by atomic mass is 16.3. The van der Waals surface area contributed by atoms with Crippen LogP contribution in [0.2, 0.25) is 0 Å². The summed E-state index contributed by atoms with van der Waals surface area (Å²) >= 11 is 0. The van der Waals surface area contributed by atoms with E-state index in [0.717, 1.165) is 32.1 Å². The first-order chi connectivity index (χ1) is 13.7. The Morgan fingerprint density at radius 3 is 2.45 bits per heavy atom. The minimum Gasteiger partial charge on any atom is -0.393 e. The molecule has 4 aliphatic rings. The average molecular weight is 406 g/mol. The summed E-state index contributed by atoms with van der Waals surface area (Å²) in [5, 5.41) is 24.3. The van der Waals surface area contributed by atoms with Gasteiger partial charge in [-0.3, -0.25) is 4.79 Å². The second-order valence-electron chi connectivity index (χ2n) is 11.6. The Balaban J connectivity index is 1.53. The van der Waals surface area contributed by atoms with Crippen molar-refractivity contribution in [3.8, 4) is 0 Å². The summed E-state index contributed by atoms with van der Waals surface area (Å²) < 4.78 is 0. The zero-order valence-corrected chi connectivity index (χ0v) is 19.0. The molecule has 0 aromatic heterocycles. The van der Waals surface area contributed by atoms with Gasteiger partial charge in [0.05, 0.1) is 12.2 Å². The Labute approximate surface area is 177 Å². The van der Waals surface area contributed by atoms with Crippen molar-refractivity contribution in [1.29, 1.82) is 0 Å². The molecule has 4 fully saturated rings. The van der Waals surface area contributed by atoms with E-state index in [1.54, 1.807) is 7.05 Å². The maximum absolute atomic E-state index is 11.8. The van der Waals surface area contributed by atoms with Crippen LogP contribution in [-0.2, 0) is 4.79 Å². The summed E-state index contributed by atoms with van der Waals surface area (Å²) in [7, 11) is 1.73. The number of hydrogen-bond acceptors (Lipinski definition) is 3. The molecule has 0 aliphatic heterocycles. The van der Waals surface area contributed by atoms with Crippen LogP contribution in [0.4, 0.5) is 0 Å². The molecule has 0 heterocycles. The molecule has 4 aliphatic carbocycles. The van der Waals surface area contributed by atoms with Crippen LogP contribution in [0.1, 0.15) is 85.0 Å². The van der Waals surface area contributed by atoms with Crippen molar-refractivity contribution in [3.05, 3.63) is 0 Å². The van der Waals surface area contributed by atoms with E-state index >= 15 is 0 Å². The number of carbonyl (C=O) groups is 1. The fourth-order valence-electron chi connectivity index (χ4n) is 8.86. The van der Waals surface area contributed by atoms with Gasteiger partial charge in [-0.15, -0.1) is 0 Å². The summed E-state index contributed by atoms with van der Waals surface area (Å²) in [6.07, 6.45) is 10.1. The Hall–Kier alpha value is -0.610. The molecule has 0 saturated heterocycles. The Bertz CT molecular complexity index is 623. The summed E-state index contributed by atoms with van der Waals surface area (Å²) in [6.45, 7) is 7.34. The second-order valence-corrected chi connectivity index (χ2v) is 11.6. The molecule has 1 amide bonds. The molecule has 10 atom stereocenters. The molecule has 4 saturated carbocycles. The zero-order valence-electron chi connectivity index (χ0n) is 19.0. The monoisotopic (exact) mass is 405 g/mol. The van der Waals surface area contributed by atoms with Crippen molar-refractivity contribution in [2.24, 2.45) is 46.3 Å². The molecule has 0 aromatic rings. The van der Waals surface area contributed by atoms with Gasteiger partial charge < -0.3 is 15.5 Å². The van der Waals surface area contributed by atoms with Gasteiger partial charge in [0, 0.05) is 13.5 Å². The van der Waals surface area contributed by atoms with Gasteiger partial charge in [0.15, 0.2) is 0 Å². The lowest BCUT2D eigenvalue weighted by molar-refractivity contribution is -0.174. The van der Waals surface area contributed by atoms with E-state index in [0.29, 0.717) is 52.8 Å². The highest BCUT2D eigenvalue weighted by molar-refractivity contribution is 5.75. The standard InChI is InChI=1S/C25H43NO3/c1-15(5-8-22(29)26-4)18-6-7-19-23-20(10-12-25(18,19)3)24(2)11-9-17(27)13-16(24)14-21(23)28/h15-21,23,27-28H,5-14H2,1-4H3,(H,26,29)/t15-,16?,17+,18-,19?,20?,21+,23+,24+,25-/m1/s1. The maximum Gasteiger partial charge on any atom is 0.219 e. The fourth-order valence-corrected chi connectivity index (χ4v) is 8.86. The van der Waals surface area contributed by atoms with E-state index in [4.69, 9.17) is 0 Å². The lowest BCUT2D eigenvalue weighted by Gasteiger charge is -2.62. The molecule has 3 unspecified atom stereocenters. The van der Waals surface area contributed by atoms with Crippen molar-refractivity contribution in [1.82, 2.24) is 5.32 Å². The molecule has 0 bridgehead atoms. The maximum atomic E-state index is 11.8. The molecule has 4 nitrogen and oxygen atoms in total. The normalized spacial score (nSPS) is 50.2. The molecule has 4 rings (SSSR count). The van der Waals surface area contributed by atoms with Crippen molar-refractivity contribution in [2.45, 2.75) is 97.2 Å². The van der Waals surface area contributed by atoms with Crippen LogP contribution in [0.15, 0.2) is 0 Å². The third kappa shape index (κ3) is 3.46. The first kappa shape index (κ1) is 21.6. The minimum absolute atomic E-state index is 0.154. The van der Waals surface area contributed by atoms with Crippen LogP contribution in [0.5, 0.6) is 0 Å². The molecule has 0 radical (unpaired) electrons. The average Bonchev–Trinajstić information content (AvgIpc) is 3.04. The number of aliphatic hydroxyl groups excluding tert-OH is 2. The van der Waals surface area contributed by atoms with Crippen LogP contribution in [0, 0.1) is 46.3 Å². The van der Waals surface area contributed by atoms with E-state index < -0.39 is 0 Å². The van der Waals surface area contributed by atoms with Gasteiger partial charge in [0.1, 0.15) is 0 Å². The number of amides is 1. The highest BCUT2D eigenvalue weighted by Crippen LogP contribution is 2.68. The molecular weight excluding hydrogens is 362 g/mol. The van der Waals surface area contributed by atoms with E-state index in [1.165, 1.54) is 25.7 Å². The van der Waals surface area contributed by atoms with E-state index in [1.807, 2.05) is 0 Å². The summed E-state index contributed by atoms with van der Waals surface area (Å²) in [5.74, 6) is 3.53. The smallest absolute Gasteiger partial charge is 0.219 e. The number of fused-ring (bicyclic) bond motifs is 5. The number of hydrogen-bond donors (Lipinski definition) is 3. The summed E-state index contributed by atoms with van der Waals surface area (Å²) in [4.78, 5) is 11.8. The second kappa shape index (κ2) is 7.82. The van der Waals surface area contributed by atoms with Gasteiger partial charge in [-0.25, -0.2) is 0 Å². The number of nitrogens with one attached hydrogen (secondary N) is 1. The SMILES string of the molecule is CNC(=O)CC[C@@H](C)[C@H]1CCC2[C@H]3C(CC[C@@]21C)[C@@]1(C)CC[C@H](O)CC1C[C@@H]3O. The number of aliphatic hydroxyl groups is 2. The van der Waals surface area contributed by atoms with Crippen molar-refractivity contribution >= 4 is 5.91 Å². The lowest BCUT2D eigenvalue weighted by Crippen LogP contribution is -2.58. The third-order valence-electron chi connectivity index (χ3n) is 10.5. The topological polar surface area (TPSA) is 69.6 Å². The van der Waals surface area contributed by atoms with Crippen LogP contribution >= 0.6 is 0 Å². The quantitative estimate of drug-likeness (QED) is 0.658. The Morgan fingerprint density at radius 2 is 1.72 bits per heavy atom. The molecule has 4 heteroatoms. The zero-order chi connectivity index (χ0) is 21.0. The van der Waals surface area contributed by atoms with Gasteiger partial charge in [0.25, 0.3) is 0 Å². The molecule has 166 valence electrons. The molecule has 29 heavy (non-hydrogen) atoms. The summed E-state index contributed by atoms with van der Waals surface area (Å²) in [5.41, 5.74) is 0.606. The molecular formula is C25H43NO3. The number of rotatable bonds is 4. The van der Waals surface area contributed by atoms with Crippen LogP contribution in [0.3, 0.4) is 0 Å². The van der Waals surface area contributed by atoms with E-state index in [2.05, 4.69) is 26.1 Å². The highest BCUT2D eigenvalue weighted by Gasteiger charge is 2.62. The van der Waals surface area contributed by atoms with Gasteiger partial charge in [0.2, 0.25) is 5.91 Å². The predicted molar refractivity (Wildman–Crippen MR) is 115 cm³/mol. The van der Waals surface area contributed by atoms with Crippen LogP contribution in [-0.4, -0.2) is 35.4 Å².